The van der Waals surface area contributed by atoms with Crippen molar-refractivity contribution in [1.82, 2.24) is 10.2 Å². The van der Waals surface area contributed by atoms with Crippen LogP contribution in [0.1, 0.15) is 39.0 Å². The number of carbonyl (C=O) groups is 2. The van der Waals surface area contributed by atoms with Gasteiger partial charge in [-0.2, -0.15) is 0 Å². The summed E-state index contributed by atoms with van der Waals surface area (Å²) in [6.45, 7) is 4.65. The first-order valence-electron chi connectivity index (χ1n) is 7.53. The molecule has 6 heteroatoms. The first-order chi connectivity index (χ1) is 9.67. The monoisotopic (exact) mass is 285 g/mol. The van der Waals surface area contributed by atoms with Gasteiger partial charge in [-0.1, -0.05) is 6.42 Å². The summed E-state index contributed by atoms with van der Waals surface area (Å²) in [4.78, 5) is 25.1. The Balaban J connectivity index is 2.14. The molecule has 3 N–H and O–H groups in total. The summed E-state index contributed by atoms with van der Waals surface area (Å²) in [5.41, 5.74) is 5.73. The van der Waals surface area contributed by atoms with Gasteiger partial charge in [0.1, 0.15) is 0 Å². The molecule has 0 aromatic rings. The molecule has 6 nitrogen and oxygen atoms in total. The lowest BCUT2D eigenvalue weighted by atomic mass is 10.0. The van der Waals surface area contributed by atoms with Gasteiger partial charge in [-0.3, -0.25) is 14.5 Å². The van der Waals surface area contributed by atoms with E-state index < -0.39 is 0 Å². The second kappa shape index (κ2) is 9.72. The molecule has 0 radical (unpaired) electrons. The van der Waals surface area contributed by atoms with Crippen LogP contribution in [0.25, 0.3) is 0 Å². The number of nitrogens with one attached hydrogen (secondary N) is 1. The normalized spacial score (nSPS) is 19.6. The van der Waals surface area contributed by atoms with Crippen LogP contribution >= 0.6 is 0 Å². The minimum Gasteiger partial charge on any atom is -0.466 e. The van der Waals surface area contributed by atoms with Crippen molar-refractivity contribution < 1.29 is 14.3 Å². The summed E-state index contributed by atoms with van der Waals surface area (Å²) < 4.78 is 4.83. The van der Waals surface area contributed by atoms with Crippen molar-refractivity contribution in [3.63, 3.8) is 0 Å². The van der Waals surface area contributed by atoms with Gasteiger partial charge in [-0.25, -0.2) is 0 Å². The zero-order chi connectivity index (χ0) is 14.8. The molecular weight excluding hydrogens is 258 g/mol. The highest BCUT2D eigenvalue weighted by Gasteiger charge is 2.22. The molecule has 0 saturated carbocycles. The quantitative estimate of drug-likeness (QED) is 0.493. The maximum absolute atomic E-state index is 11.8. The number of nitrogens with zero attached hydrogens (tertiary/aromatic N) is 1. The van der Waals surface area contributed by atoms with Crippen LogP contribution in [0.5, 0.6) is 0 Å². The van der Waals surface area contributed by atoms with Gasteiger partial charge >= 0.3 is 5.97 Å². The summed E-state index contributed by atoms with van der Waals surface area (Å²) in [6.07, 6.45) is 4.37. The summed E-state index contributed by atoms with van der Waals surface area (Å²) >= 11 is 0. The van der Waals surface area contributed by atoms with Gasteiger partial charge in [-0.05, 0) is 32.7 Å². The highest BCUT2D eigenvalue weighted by Crippen LogP contribution is 2.15. The van der Waals surface area contributed by atoms with Crippen LogP contribution in [0, 0.1) is 0 Å². The molecule has 1 amide bonds. The predicted molar refractivity (Wildman–Crippen MR) is 77.1 cm³/mol. The van der Waals surface area contributed by atoms with E-state index in [1.54, 1.807) is 6.92 Å². The first-order valence-corrected chi connectivity index (χ1v) is 7.53. The van der Waals surface area contributed by atoms with E-state index in [1.165, 1.54) is 6.42 Å². The lowest BCUT2D eigenvalue weighted by Gasteiger charge is -2.34. The minimum absolute atomic E-state index is 0.00853. The van der Waals surface area contributed by atoms with Crippen molar-refractivity contribution in [2.45, 2.75) is 45.1 Å². The molecule has 1 aliphatic rings. The van der Waals surface area contributed by atoms with Crippen LogP contribution in [-0.4, -0.2) is 55.6 Å². The zero-order valence-corrected chi connectivity index (χ0v) is 12.4. The Kier molecular flexibility index (Phi) is 8.22. The standard InChI is InChI=1S/C14H27N3O3/c1-2-20-14(19)7-5-8-16-13(18)11-17-9-4-3-6-12(17)10-15/h12H,2-11,15H2,1H3,(H,16,18). The number of hydrogen-bond acceptors (Lipinski definition) is 5. The molecule has 20 heavy (non-hydrogen) atoms. The summed E-state index contributed by atoms with van der Waals surface area (Å²) in [6, 6.07) is 0.328. The van der Waals surface area contributed by atoms with Gasteiger partial charge in [0.25, 0.3) is 0 Å². The SMILES string of the molecule is CCOC(=O)CCCNC(=O)CN1CCCCC1CN. The number of piperidine rings is 1. The maximum atomic E-state index is 11.8. The van der Waals surface area contributed by atoms with E-state index in [0.717, 1.165) is 19.4 Å². The van der Waals surface area contributed by atoms with Gasteiger partial charge < -0.3 is 15.8 Å². The number of likely N-dealkylation sites (tertiary alicyclic amines) is 1. The highest BCUT2D eigenvalue weighted by atomic mass is 16.5. The van der Waals surface area contributed by atoms with Gasteiger partial charge in [0.05, 0.1) is 13.2 Å². The molecular formula is C14H27N3O3. The van der Waals surface area contributed by atoms with Gasteiger partial charge in [0.2, 0.25) is 5.91 Å². The molecule has 0 spiro atoms. The Morgan fingerprint density at radius 1 is 1.40 bits per heavy atom. The second-order valence-corrected chi connectivity index (χ2v) is 5.11. The molecule has 116 valence electrons. The number of nitrogens with two attached hydrogens (primary N) is 1. The van der Waals surface area contributed by atoms with Crippen molar-refractivity contribution in [3.8, 4) is 0 Å². The lowest BCUT2D eigenvalue weighted by molar-refractivity contribution is -0.143. The number of amides is 1. The Morgan fingerprint density at radius 3 is 2.90 bits per heavy atom. The second-order valence-electron chi connectivity index (χ2n) is 5.11. The number of hydrogen-bond donors (Lipinski definition) is 2. The van der Waals surface area contributed by atoms with Crippen LogP contribution in [-0.2, 0) is 14.3 Å². The van der Waals surface area contributed by atoms with Crippen molar-refractivity contribution >= 4 is 11.9 Å². The third-order valence-electron chi connectivity index (χ3n) is 3.55. The molecule has 1 aliphatic heterocycles. The Bertz CT molecular complexity index is 310. The molecule has 0 bridgehead atoms. The molecule has 1 rings (SSSR count). The zero-order valence-electron chi connectivity index (χ0n) is 12.4. The molecule has 1 heterocycles. The van der Waals surface area contributed by atoms with Crippen molar-refractivity contribution in [1.29, 1.82) is 0 Å². The van der Waals surface area contributed by atoms with E-state index in [9.17, 15) is 9.59 Å². The van der Waals surface area contributed by atoms with E-state index in [0.29, 0.717) is 45.1 Å². The van der Waals surface area contributed by atoms with Crippen molar-refractivity contribution in [3.05, 3.63) is 0 Å². The van der Waals surface area contributed by atoms with Crippen LogP contribution in [0.2, 0.25) is 0 Å². The van der Waals surface area contributed by atoms with E-state index in [1.807, 2.05) is 0 Å². The predicted octanol–water partition coefficient (Wildman–Crippen LogP) is 0.259. The van der Waals surface area contributed by atoms with E-state index >= 15 is 0 Å². The minimum atomic E-state index is -0.207. The van der Waals surface area contributed by atoms with E-state index in [4.69, 9.17) is 10.5 Å². The summed E-state index contributed by atoms with van der Waals surface area (Å²) in [5, 5.41) is 2.84. The summed E-state index contributed by atoms with van der Waals surface area (Å²) in [5.74, 6) is -0.199. The maximum Gasteiger partial charge on any atom is 0.305 e. The fourth-order valence-electron chi connectivity index (χ4n) is 2.47. The molecule has 0 aliphatic carbocycles. The number of carbonyl (C=O) groups excluding carboxylic acids is 2. The first kappa shape index (κ1) is 16.9. The van der Waals surface area contributed by atoms with Crippen LogP contribution < -0.4 is 11.1 Å². The molecule has 1 unspecified atom stereocenters. The fourth-order valence-corrected chi connectivity index (χ4v) is 2.47. The summed E-state index contributed by atoms with van der Waals surface area (Å²) in [7, 11) is 0. The number of rotatable bonds is 8. The fraction of sp³-hybridized carbons (Fsp3) is 0.857. The molecule has 0 aromatic heterocycles. The molecule has 1 fully saturated rings. The number of esters is 1. The van der Waals surface area contributed by atoms with Crippen LogP contribution in [0.4, 0.5) is 0 Å². The van der Waals surface area contributed by atoms with E-state index in [2.05, 4.69) is 10.2 Å². The average Bonchev–Trinajstić information content (AvgIpc) is 2.44. The van der Waals surface area contributed by atoms with Crippen LogP contribution in [0.15, 0.2) is 0 Å². The van der Waals surface area contributed by atoms with Crippen LogP contribution in [0.3, 0.4) is 0 Å². The Labute approximate surface area is 121 Å². The lowest BCUT2D eigenvalue weighted by Crippen LogP contribution is -2.48. The van der Waals surface area contributed by atoms with Crippen molar-refractivity contribution in [2.24, 2.45) is 5.73 Å². The van der Waals surface area contributed by atoms with Crippen molar-refractivity contribution in [2.75, 3.05) is 32.8 Å². The van der Waals surface area contributed by atoms with Gasteiger partial charge in [0.15, 0.2) is 0 Å². The third kappa shape index (κ3) is 6.34. The molecule has 1 saturated heterocycles. The smallest absolute Gasteiger partial charge is 0.305 e. The molecule has 1 atom stereocenters. The number of ether oxygens (including phenoxy) is 1. The largest absolute Gasteiger partial charge is 0.466 e. The van der Waals surface area contributed by atoms with Gasteiger partial charge in [0, 0.05) is 25.6 Å². The average molecular weight is 285 g/mol. The van der Waals surface area contributed by atoms with E-state index in [-0.39, 0.29) is 11.9 Å². The molecule has 0 aromatic carbocycles. The Morgan fingerprint density at radius 2 is 2.20 bits per heavy atom. The highest BCUT2D eigenvalue weighted by molar-refractivity contribution is 5.78. The topological polar surface area (TPSA) is 84.7 Å². The Hall–Kier alpha value is -1.14. The van der Waals surface area contributed by atoms with Gasteiger partial charge in [-0.15, -0.1) is 0 Å². The third-order valence-corrected chi connectivity index (χ3v) is 3.55.